The van der Waals surface area contributed by atoms with Crippen LogP contribution >= 0.6 is 0 Å². The Morgan fingerprint density at radius 2 is 1.64 bits per heavy atom. The Kier molecular flexibility index (Phi) is 4.18. The molecule has 144 valence electrons. The molecule has 3 heterocycles. The van der Waals surface area contributed by atoms with E-state index in [4.69, 9.17) is 9.47 Å². The Balaban J connectivity index is 1.39. The Bertz CT molecular complexity index is 911. The van der Waals surface area contributed by atoms with Crippen molar-refractivity contribution in [1.82, 2.24) is 4.90 Å². The normalized spacial score (nSPS) is 20.6. The summed E-state index contributed by atoms with van der Waals surface area (Å²) in [6.45, 7) is 2.86. The topological polar surface area (TPSA) is 59.1 Å². The Morgan fingerprint density at radius 3 is 2.36 bits per heavy atom. The van der Waals surface area contributed by atoms with Gasteiger partial charge in [-0.05, 0) is 23.8 Å². The van der Waals surface area contributed by atoms with E-state index in [1.807, 2.05) is 47.4 Å². The summed E-state index contributed by atoms with van der Waals surface area (Å²) in [6.07, 6.45) is 1.33. The zero-order chi connectivity index (χ0) is 19.1. The summed E-state index contributed by atoms with van der Waals surface area (Å²) in [6, 6.07) is 15.1. The van der Waals surface area contributed by atoms with E-state index < -0.39 is 5.79 Å². The van der Waals surface area contributed by atoms with E-state index in [0.717, 1.165) is 11.3 Å². The van der Waals surface area contributed by atoms with Gasteiger partial charge in [0.05, 0.1) is 30.9 Å². The van der Waals surface area contributed by atoms with E-state index in [9.17, 15) is 9.59 Å². The number of fused-ring (bicyclic) bond motifs is 1. The molecule has 3 aliphatic heterocycles. The maximum atomic E-state index is 13.2. The van der Waals surface area contributed by atoms with Gasteiger partial charge < -0.3 is 19.3 Å². The molecule has 0 radical (unpaired) electrons. The number of piperidine rings is 1. The Labute approximate surface area is 163 Å². The first-order valence-corrected chi connectivity index (χ1v) is 9.73. The number of hydrogen-bond donors (Lipinski definition) is 0. The number of carbonyl (C=O) groups is 2. The molecule has 2 fully saturated rings. The maximum absolute atomic E-state index is 13.2. The monoisotopic (exact) mass is 378 g/mol. The van der Waals surface area contributed by atoms with Crippen LogP contribution in [-0.4, -0.2) is 48.8 Å². The number of anilines is 1. The molecule has 0 saturated carbocycles. The molecule has 0 atom stereocenters. The molecule has 2 saturated heterocycles. The van der Waals surface area contributed by atoms with E-state index in [2.05, 4.69) is 0 Å². The standard InChI is InChI=1S/C22H22N2O4/c25-20(23-11-9-22(10-12-23)27-13-14-28-22)18-8-4-5-16-15-24(21(26)19(16)18)17-6-2-1-3-7-17/h1-8H,9-15H2. The number of ether oxygens (including phenoxy) is 2. The summed E-state index contributed by atoms with van der Waals surface area (Å²) >= 11 is 0. The van der Waals surface area contributed by atoms with Gasteiger partial charge in [0.15, 0.2) is 5.79 Å². The first-order valence-electron chi connectivity index (χ1n) is 9.73. The molecule has 0 bridgehead atoms. The molecule has 2 aromatic rings. The van der Waals surface area contributed by atoms with Crippen LogP contribution in [0.1, 0.15) is 39.1 Å². The molecule has 0 N–H and O–H groups in total. The van der Waals surface area contributed by atoms with Gasteiger partial charge >= 0.3 is 0 Å². The van der Waals surface area contributed by atoms with Crippen LogP contribution in [-0.2, 0) is 16.0 Å². The average molecular weight is 378 g/mol. The summed E-state index contributed by atoms with van der Waals surface area (Å²) in [5.41, 5.74) is 2.77. The SMILES string of the molecule is O=C(c1cccc2c1C(=O)N(c1ccccc1)C2)N1CCC2(CC1)OCCO2. The zero-order valence-electron chi connectivity index (χ0n) is 15.6. The number of amides is 2. The van der Waals surface area contributed by atoms with Gasteiger partial charge in [-0.25, -0.2) is 0 Å². The predicted octanol–water partition coefficient (Wildman–Crippen LogP) is 2.83. The first kappa shape index (κ1) is 17.4. The minimum Gasteiger partial charge on any atom is -0.347 e. The lowest BCUT2D eigenvalue weighted by Gasteiger charge is -2.37. The molecular weight excluding hydrogens is 356 g/mol. The van der Waals surface area contributed by atoms with Crippen molar-refractivity contribution in [2.24, 2.45) is 0 Å². The summed E-state index contributed by atoms with van der Waals surface area (Å²) in [7, 11) is 0. The van der Waals surface area contributed by atoms with Crippen LogP contribution in [0.5, 0.6) is 0 Å². The third kappa shape index (κ3) is 2.80. The van der Waals surface area contributed by atoms with Crippen molar-refractivity contribution >= 4 is 17.5 Å². The second kappa shape index (κ2) is 6.72. The predicted molar refractivity (Wildman–Crippen MR) is 103 cm³/mol. The average Bonchev–Trinajstić information content (AvgIpc) is 3.33. The fourth-order valence-electron chi connectivity index (χ4n) is 4.36. The largest absolute Gasteiger partial charge is 0.347 e. The van der Waals surface area contributed by atoms with E-state index in [1.165, 1.54) is 0 Å². The van der Waals surface area contributed by atoms with E-state index in [0.29, 0.717) is 56.8 Å². The van der Waals surface area contributed by atoms with Crippen molar-refractivity contribution in [3.05, 3.63) is 65.2 Å². The van der Waals surface area contributed by atoms with Crippen molar-refractivity contribution < 1.29 is 19.1 Å². The van der Waals surface area contributed by atoms with Gasteiger partial charge in [0.2, 0.25) is 0 Å². The van der Waals surface area contributed by atoms with Crippen LogP contribution < -0.4 is 4.90 Å². The minimum atomic E-state index is -0.519. The van der Waals surface area contributed by atoms with Crippen LogP contribution in [0.3, 0.4) is 0 Å². The summed E-state index contributed by atoms with van der Waals surface area (Å²) in [5.74, 6) is -0.718. The fraction of sp³-hybridized carbons (Fsp3) is 0.364. The highest BCUT2D eigenvalue weighted by Gasteiger charge is 2.42. The molecule has 0 aromatic heterocycles. The molecule has 5 rings (SSSR count). The van der Waals surface area contributed by atoms with E-state index >= 15 is 0 Å². The molecule has 0 unspecified atom stereocenters. The van der Waals surface area contributed by atoms with Crippen LogP contribution in [0.25, 0.3) is 0 Å². The molecule has 6 heteroatoms. The van der Waals surface area contributed by atoms with Crippen LogP contribution in [0, 0.1) is 0 Å². The number of carbonyl (C=O) groups excluding carboxylic acids is 2. The number of nitrogens with zero attached hydrogens (tertiary/aromatic N) is 2. The van der Waals surface area contributed by atoms with E-state index in [1.54, 1.807) is 11.0 Å². The smallest absolute Gasteiger partial charge is 0.259 e. The van der Waals surface area contributed by atoms with Crippen molar-refractivity contribution in [2.45, 2.75) is 25.2 Å². The Hall–Kier alpha value is -2.70. The highest BCUT2D eigenvalue weighted by Crippen LogP contribution is 2.34. The van der Waals surface area contributed by atoms with Gasteiger partial charge in [-0.3, -0.25) is 9.59 Å². The number of benzene rings is 2. The van der Waals surface area contributed by atoms with Crippen LogP contribution in [0.4, 0.5) is 5.69 Å². The van der Waals surface area contributed by atoms with Gasteiger partial charge in [-0.2, -0.15) is 0 Å². The number of hydrogen-bond acceptors (Lipinski definition) is 4. The van der Waals surface area contributed by atoms with Crippen molar-refractivity contribution in [3.63, 3.8) is 0 Å². The van der Waals surface area contributed by atoms with Gasteiger partial charge in [0.25, 0.3) is 11.8 Å². The van der Waals surface area contributed by atoms with Crippen molar-refractivity contribution in [3.8, 4) is 0 Å². The molecule has 1 spiro atoms. The van der Waals surface area contributed by atoms with Gasteiger partial charge in [-0.15, -0.1) is 0 Å². The maximum Gasteiger partial charge on any atom is 0.259 e. The molecule has 2 amide bonds. The second-order valence-electron chi connectivity index (χ2n) is 7.47. The summed E-state index contributed by atoms with van der Waals surface area (Å²) < 4.78 is 11.5. The van der Waals surface area contributed by atoms with Crippen molar-refractivity contribution in [2.75, 3.05) is 31.2 Å². The Morgan fingerprint density at radius 1 is 0.929 bits per heavy atom. The highest BCUT2D eigenvalue weighted by molar-refractivity contribution is 6.16. The molecular formula is C22H22N2O4. The molecule has 28 heavy (non-hydrogen) atoms. The lowest BCUT2D eigenvalue weighted by Crippen LogP contribution is -2.47. The first-order chi connectivity index (χ1) is 13.7. The van der Waals surface area contributed by atoms with Crippen LogP contribution in [0.2, 0.25) is 0 Å². The van der Waals surface area contributed by atoms with Gasteiger partial charge in [0, 0.05) is 31.6 Å². The highest BCUT2D eigenvalue weighted by atomic mass is 16.7. The van der Waals surface area contributed by atoms with Gasteiger partial charge in [0.1, 0.15) is 0 Å². The quantitative estimate of drug-likeness (QED) is 0.806. The zero-order valence-corrected chi connectivity index (χ0v) is 15.6. The summed E-state index contributed by atoms with van der Waals surface area (Å²) in [5, 5.41) is 0. The number of likely N-dealkylation sites (tertiary alicyclic amines) is 1. The molecule has 3 aliphatic rings. The number of para-hydroxylation sites is 1. The lowest BCUT2D eigenvalue weighted by atomic mass is 9.99. The molecule has 0 aliphatic carbocycles. The van der Waals surface area contributed by atoms with E-state index in [-0.39, 0.29) is 11.8 Å². The van der Waals surface area contributed by atoms with Crippen molar-refractivity contribution in [1.29, 1.82) is 0 Å². The molecule has 2 aromatic carbocycles. The van der Waals surface area contributed by atoms with Crippen LogP contribution in [0.15, 0.2) is 48.5 Å². The minimum absolute atomic E-state index is 0.0899. The van der Waals surface area contributed by atoms with Gasteiger partial charge in [-0.1, -0.05) is 30.3 Å². The fourth-order valence-corrected chi connectivity index (χ4v) is 4.36. The summed E-state index contributed by atoms with van der Waals surface area (Å²) in [4.78, 5) is 29.9. The third-order valence-corrected chi connectivity index (χ3v) is 5.86. The molecule has 6 nitrogen and oxygen atoms in total. The second-order valence-corrected chi connectivity index (χ2v) is 7.47. The lowest BCUT2D eigenvalue weighted by molar-refractivity contribution is -0.181. The third-order valence-electron chi connectivity index (χ3n) is 5.86. The number of rotatable bonds is 2.